The Morgan fingerprint density at radius 1 is 1.57 bits per heavy atom. The fraction of sp³-hybridized carbons (Fsp3) is 0.778. The van der Waals surface area contributed by atoms with Crippen molar-refractivity contribution >= 4 is 10.0 Å². The van der Waals surface area contributed by atoms with Crippen LogP contribution in [-0.4, -0.2) is 43.3 Å². The number of aliphatic hydroxyl groups excluding tert-OH is 1. The maximum absolute atomic E-state index is 11.6. The van der Waals surface area contributed by atoms with Crippen molar-refractivity contribution in [2.24, 2.45) is 5.92 Å². The molecule has 5 heteroatoms. The topological polar surface area (TPSA) is 57.6 Å². The highest BCUT2D eigenvalue weighted by Crippen LogP contribution is 2.18. The normalized spacial score (nSPS) is 24.8. The molecule has 1 rings (SSSR count). The number of hydrogen-bond donors (Lipinski definition) is 1. The lowest BCUT2D eigenvalue weighted by atomic mass is 10.0. The van der Waals surface area contributed by atoms with Gasteiger partial charge in [-0.05, 0) is 18.8 Å². The molecule has 0 aromatic heterocycles. The van der Waals surface area contributed by atoms with Crippen LogP contribution in [0.25, 0.3) is 0 Å². The average Bonchev–Trinajstić information content (AvgIpc) is 2.18. The van der Waals surface area contributed by atoms with Gasteiger partial charge in [0.1, 0.15) is 0 Å². The Bertz CT molecular complexity index is 286. The molecule has 1 saturated heterocycles. The van der Waals surface area contributed by atoms with Gasteiger partial charge in [-0.15, -0.1) is 6.58 Å². The third-order valence-corrected chi connectivity index (χ3v) is 4.24. The van der Waals surface area contributed by atoms with Gasteiger partial charge in [0, 0.05) is 19.7 Å². The minimum absolute atomic E-state index is 0.00878. The molecule has 14 heavy (non-hydrogen) atoms. The van der Waals surface area contributed by atoms with E-state index in [-0.39, 0.29) is 18.3 Å². The van der Waals surface area contributed by atoms with Crippen LogP contribution in [0, 0.1) is 5.92 Å². The Morgan fingerprint density at radius 3 is 2.86 bits per heavy atom. The molecular weight excluding hydrogens is 202 g/mol. The van der Waals surface area contributed by atoms with E-state index in [1.54, 1.807) is 0 Å². The quantitative estimate of drug-likeness (QED) is 0.687. The largest absolute Gasteiger partial charge is 0.396 e. The van der Waals surface area contributed by atoms with Crippen LogP contribution in [0.15, 0.2) is 12.7 Å². The van der Waals surface area contributed by atoms with Crippen molar-refractivity contribution in [1.82, 2.24) is 4.31 Å². The molecule has 0 bridgehead atoms. The summed E-state index contributed by atoms with van der Waals surface area (Å²) < 4.78 is 24.7. The Hall–Kier alpha value is -0.390. The molecule has 1 N–H and O–H groups in total. The molecule has 1 heterocycles. The lowest BCUT2D eigenvalue weighted by molar-refractivity contribution is 0.165. The van der Waals surface area contributed by atoms with Gasteiger partial charge in [-0.1, -0.05) is 6.08 Å². The first-order chi connectivity index (χ1) is 6.60. The van der Waals surface area contributed by atoms with Crippen LogP contribution in [0.5, 0.6) is 0 Å². The fourth-order valence-corrected chi connectivity index (χ4v) is 3.04. The van der Waals surface area contributed by atoms with Crippen molar-refractivity contribution in [3.05, 3.63) is 12.7 Å². The number of sulfonamides is 1. The Morgan fingerprint density at radius 2 is 2.29 bits per heavy atom. The summed E-state index contributed by atoms with van der Waals surface area (Å²) in [7, 11) is -3.17. The summed E-state index contributed by atoms with van der Waals surface area (Å²) in [5, 5.41) is 8.96. The van der Waals surface area contributed by atoms with Gasteiger partial charge in [-0.2, -0.15) is 0 Å². The monoisotopic (exact) mass is 219 g/mol. The van der Waals surface area contributed by atoms with Gasteiger partial charge in [-0.3, -0.25) is 0 Å². The second-order valence-corrected chi connectivity index (χ2v) is 5.63. The van der Waals surface area contributed by atoms with E-state index in [4.69, 9.17) is 5.11 Å². The summed E-state index contributed by atoms with van der Waals surface area (Å²) >= 11 is 0. The second kappa shape index (κ2) is 4.91. The summed E-state index contributed by atoms with van der Waals surface area (Å²) in [6.07, 6.45) is 3.15. The zero-order chi connectivity index (χ0) is 10.6. The zero-order valence-electron chi connectivity index (χ0n) is 8.22. The summed E-state index contributed by atoms with van der Waals surface area (Å²) in [4.78, 5) is 0. The smallest absolute Gasteiger partial charge is 0.217 e. The molecule has 0 saturated carbocycles. The molecule has 1 aliphatic rings. The number of nitrogens with zero attached hydrogens (tertiary/aromatic N) is 1. The van der Waals surface area contributed by atoms with E-state index in [1.807, 2.05) is 0 Å². The van der Waals surface area contributed by atoms with Crippen LogP contribution in [0.4, 0.5) is 0 Å². The van der Waals surface area contributed by atoms with E-state index >= 15 is 0 Å². The second-order valence-electron chi connectivity index (χ2n) is 3.62. The Balaban J connectivity index is 2.63. The molecule has 0 radical (unpaired) electrons. The standard InChI is InChI=1S/C9H17NO3S/c1-2-6-14(12,13)10-5-3-4-9(7-10)8-11/h2,9,11H,1,3-8H2. The van der Waals surface area contributed by atoms with Crippen molar-refractivity contribution in [1.29, 1.82) is 0 Å². The highest BCUT2D eigenvalue weighted by atomic mass is 32.2. The van der Waals surface area contributed by atoms with Gasteiger partial charge in [0.05, 0.1) is 5.75 Å². The minimum Gasteiger partial charge on any atom is -0.396 e. The molecule has 1 unspecified atom stereocenters. The summed E-state index contributed by atoms with van der Waals surface area (Å²) in [6.45, 7) is 4.52. The van der Waals surface area contributed by atoms with Gasteiger partial charge < -0.3 is 5.11 Å². The molecule has 4 nitrogen and oxygen atoms in total. The molecule has 1 fully saturated rings. The Kier molecular flexibility index (Phi) is 4.10. The molecule has 1 aliphatic heterocycles. The first kappa shape index (κ1) is 11.7. The van der Waals surface area contributed by atoms with Crippen molar-refractivity contribution < 1.29 is 13.5 Å². The number of piperidine rings is 1. The van der Waals surface area contributed by atoms with Gasteiger partial charge in [-0.25, -0.2) is 12.7 Å². The van der Waals surface area contributed by atoms with E-state index < -0.39 is 10.0 Å². The van der Waals surface area contributed by atoms with Crippen molar-refractivity contribution in [3.8, 4) is 0 Å². The highest BCUT2D eigenvalue weighted by molar-refractivity contribution is 7.89. The summed E-state index contributed by atoms with van der Waals surface area (Å²) in [5.74, 6) is 0.0915. The van der Waals surface area contributed by atoms with E-state index in [9.17, 15) is 8.42 Å². The number of hydrogen-bond acceptors (Lipinski definition) is 3. The van der Waals surface area contributed by atoms with Crippen LogP contribution >= 0.6 is 0 Å². The molecule has 0 spiro atoms. The first-order valence-corrected chi connectivity index (χ1v) is 6.40. The SMILES string of the molecule is C=CCS(=O)(=O)N1CCCC(CO)C1. The van der Waals surface area contributed by atoms with Crippen molar-refractivity contribution in [3.63, 3.8) is 0 Å². The fourth-order valence-electron chi connectivity index (χ4n) is 1.68. The lowest BCUT2D eigenvalue weighted by Gasteiger charge is -2.30. The van der Waals surface area contributed by atoms with Crippen molar-refractivity contribution in [2.75, 3.05) is 25.4 Å². The van der Waals surface area contributed by atoms with Crippen molar-refractivity contribution in [2.45, 2.75) is 12.8 Å². The molecule has 0 aromatic rings. The van der Waals surface area contributed by atoms with E-state index in [2.05, 4.69) is 6.58 Å². The predicted octanol–water partition coefficient (Wildman–Crippen LogP) is 0.207. The zero-order valence-corrected chi connectivity index (χ0v) is 9.04. The maximum atomic E-state index is 11.6. The van der Waals surface area contributed by atoms with Crippen LogP contribution in [0.2, 0.25) is 0 Å². The number of aliphatic hydroxyl groups is 1. The average molecular weight is 219 g/mol. The van der Waals surface area contributed by atoms with Crippen LogP contribution < -0.4 is 0 Å². The molecule has 0 amide bonds. The first-order valence-electron chi connectivity index (χ1n) is 4.79. The molecule has 0 aromatic carbocycles. The van der Waals surface area contributed by atoms with E-state index in [0.717, 1.165) is 12.8 Å². The third kappa shape index (κ3) is 2.80. The molecule has 82 valence electrons. The molecular formula is C9H17NO3S. The predicted molar refractivity (Wildman–Crippen MR) is 55.4 cm³/mol. The third-order valence-electron chi connectivity index (χ3n) is 2.46. The Labute approximate surface area is 85.3 Å². The van der Waals surface area contributed by atoms with E-state index in [1.165, 1.54) is 10.4 Å². The van der Waals surface area contributed by atoms with Gasteiger partial charge >= 0.3 is 0 Å². The highest BCUT2D eigenvalue weighted by Gasteiger charge is 2.27. The van der Waals surface area contributed by atoms with Gasteiger partial charge in [0.25, 0.3) is 0 Å². The van der Waals surface area contributed by atoms with E-state index in [0.29, 0.717) is 13.1 Å². The maximum Gasteiger partial charge on any atom is 0.217 e. The lowest BCUT2D eigenvalue weighted by Crippen LogP contribution is -2.41. The molecule has 1 atom stereocenters. The summed E-state index contributed by atoms with van der Waals surface area (Å²) in [6, 6.07) is 0. The minimum atomic E-state index is -3.17. The number of rotatable bonds is 4. The molecule has 0 aliphatic carbocycles. The summed E-state index contributed by atoms with van der Waals surface area (Å²) in [5.41, 5.74) is 0. The van der Waals surface area contributed by atoms with Crippen LogP contribution in [0.1, 0.15) is 12.8 Å². The van der Waals surface area contributed by atoms with Crippen LogP contribution in [0.3, 0.4) is 0 Å². The van der Waals surface area contributed by atoms with Gasteiger partial charge in [0.2, 0.25) is 10.0 Å². The van der Waals surface area contributed by atoms with Gasteiger partial charge in [0.15, 0.2) is 0 Å². The van der Waals surface area contributed by atoms with Crippen LogP contribution in [-0.2, 0) is 10.0 Å².